The van der Waals surface area contributed by atoms with Crippen LogP contribution in [0.3, 0.4) is 0 Å². The summed E-state index contributed by atoms with van der Waals surface area (Å²) < 4.78 is 2.68. The van der Waals surface area contributed by atoms with Gasteiger partial charge in [-0.05, 0) is 67.1 Å². The fourth-order valence-corrected chi connectivity index (χ4v) is 8.47. The second-order valence-corrected chi connectivity index (χ2v) is 12.3. The van der Waals surface area contributed by atoms with Gasteiger partial charge in [-0.3, -0.25) is 0 Å². The van der Waals surface area contributed by atoms with Crippen LogP contribution in [-0.4, -0.2) is 0 Å². The zero-order valence-corrected chi connectivity index (χ0v) is 23.2. The van der Waals surface area contributed by atoms with Gasteiger partial charge >= 0.3 is 0 Å². The van der Waals surface area contributed by atoms with Crippen LogP contribution in [0.2, 0.25) is 0 Å². The quantitative estimate of drug-likeness (QED) is 0.192. The fraction of sp³-hybridized carbons (Fsp3) is 0.0500. The summed E-state index contributed by atoms with van der Waals surface area (Å²) in [6.07, 6.45) is 20.6. The van der Waals surface area contributed by atoms with E-state index in [1.165, 1.54) is 75.1 Å². The zero-order chi connectivity index (χ0) is 26.9. The van der Waals surface area contributed by atoms with Crippen molar-refractivity contribution in [3.05, 3.63) is 162 Å². The molecule has 0 spiro atoms. The zero-order valence-electron chi connectivity index (χ0n) is 22.4. The van der Waals surface area contributed by atoms with Crippen LogP contribution < -0.4 is 0 Å². The molecule has 0 fully saturated rings. The van der Waals surface area contributed by atoms with E-state index < -0.39 is 0 Å². The summed E-state index contributed by atoms with van der Waals surface area (Å²) in [5, 5.41) is 7.94. The van der Waals surface area contributed by atoms with Crippen molar-refractivity contribution in [2.45, 2.75) is 0 Å². The van der Waals surface area contributed by atoms with E-state index in [0.29, 0.717) is 11.8 Å². The van der Waals surface area contributed by atoms with Crippen LogP contribution in [0.5, 0.6) is 0 Å². The van der Waals surface area contributed by atoms with Crippen LogP contribution in [0.4, 0.5) is 0 Å². The Morgan fingerprint density at radius 1 is 0.488 bits per heavy atom. The topological polar surface area (TPSA) is 0 Å². The molecule has 9 rings (SSSR count). The molecule has 0 radical (unpaired) electrons. The number of allylic oxidation sites excluding steroid dienone is 12. The van der Waals surface area contributed by atoms with Crippen molar-refractivity contribution >= 4 is 58.6 Å². The predicted molar refractivity (Wildman–Crippen MR) is 178 cm³/mol. The highest BCUT2D eigenvalue weighted by atomic mass is 32.1. The average molecular weight is 539 g/mol. The molecule has 192 valence electrons. The molecule has 3 aliphatic carbocycles. The number of hydrogen-bond acceptors (Lipinski definition) is 1. The molecule has 1 aromatic heterocycles. The molecular formula is C40H26S. The van der Waals surface area contributed by atoms with Crippen molar-refractivity contribution in [1.29, 1.82) is 0 Å². The number of rotatable bonds is 2. The molecule has 41 heavy (non-hydrogen) atoms. The van der Waals surface area contributed by atoms with E-state index in [-0.39, 0.29) is 0 Å². The number of thiophene rings is 1. The second-order valence-electron chi connectivity index (χ2n) is 11.2. The molecule has 1 heterocycles. The summed E-state index contributed by atoms with van der Waals surface area (Å²) in [5.41, 5.74) is 8.14. The Morgan fingerprint density at radius 2 is 1.10 bits per heavy atom. The molecule has 2 atom stereocenters. The van der Waals surface area contributed by atoms with E-state index in [1.54, 1.807) is 0 Å². The van der Waals surface area contributed by atoms with Crippen molar-refractivity contribution in [2.24, 2.45) is 11.8 Å². The minimum Gasteiger partial charge on any atom is -0.135 e. The summed E-state index contributed by atoms with van der Waals surface area (Å²) >= 11 is 1.89. The third-order valence-corrected chi connectivity index (χ3v) is 10.2. The highest BCUT2D eigenvalue weighted by Crippen LogP contribution is 2.50. The Bertz CT molecular complexity index is 2200. The van der Waals surface area contributed by atoms with Gasteiger partial charge in [-0.25, -0.2) is 0 Å². The van der Waals surface area contributed by atoms with Crippen molar-refractivity contribution in [2.75, 3.05) is 0 Å². The third kappa shape index (κ3) is 3.33. The van der Waals surface area contributed by atoms with Gasteiger partial charge in [-0.15, -0.1) is 11.3 Å². The van der Waals surface area contributed by atoms with E-state index in [1.807, 2.05) is 11.3 Å². The standard InChI is InChI=1S/C40H26S/c1-2-13-26-25(12-1)24-35(28-15-4-3-14-27(26)28)39-31-18-7-5-16-29(31)38(30-17-6-8-19-32(30)39)34-21-11-23-37-40(34)33-20-9-10-22-36(33)41-37/h1-24,26-27H. The van der Waals surface area contributed by atoms with Gasteiger partial charge < -0.3 is 0 Å². The highest BCUT2D eigenvalue weighted by molar-refractivity contribution is 7.25. The largest absolute Gasteiger partial charge is 0.135 e. The first-order valence-electron chi connectivity index (χ1n) is 14.4. The van der Waals surface area contributed by atoms with Crippen molar-refractivity contribution in [1.82, 2.24) is 0 Å². The first-order valence-corrected chi connectivity index (χ1v) is 15.2. The van der Waals surface area contributed by atoms with Gasteiger partial charge in [-0.1, -0.05) is 134 Å². The Balaban J connectivity index is 1.43. The number of benzene rings is 5. The summed E-state index contributed by atoms with van der Waals surface area (Å²) in [6.45, 7) is 0. The number of hydrogen-bond donors (Lipinski definition) is 0. The predicted octanol–water partition coefficient (Wildman–Crippen LogP) is 11.2. The molecule has 0 nitrogen and oxygen atoms in total. The molecule has 1 heteroatoms. The second kappa shape index (κ2) is 8.89. The van der Waals surface area contributed by atoms with Crippen LogP contribution in [0.1, 0.15) is 5.56 Å². The lowest BCUT2D eigenvalue weighted by Crippen LogP contribution is -2.21. The normalized spacial score (nSPS) is 19.4. The van der Waals surface area contributed by atoms with Gasteiger partial charge in [0.25, 0.3) is 0 Å². The molecule has 0 N–H and O–H groups in total. The first kappa shape index (κ1) is 23.0. The minimum absolute atomic E-state index is 0.347. The van der Waals surface area contributed by atoms with Crippen molar-refractivity contribution < 1.29 is 0 Å². The molecule has 0 bridgehead atoms. The van der Waals surface area contributed by atoms with E-state index in [4.69, 9.17) is 0 Å². The Labute approximate surface area is 243 Å². The van der Waals surface area contributed by atoms with Crippen molar-refractivity contribution in [3.8, 4) is 11.1 Å². The lowest BCUT2D eigenvalue weighted by molar-refractivity contribution is 0.618. The van der Waals surface area contributed by atoms with Crippen LogP contribution in [0.15, 0.2) is 157 Å². The van der Waals surface area contributed by atoms with E-state index in [0.717, 1.165) is 0 Å². The Kier molecular flexibility index (Phi) is 5.00. The molecular weight excluding hydrogens is 513 g/mol. The van der Waals surface area contributed by atoms with Crippen LogP contribution in [0.25, 0.3) is 58.4 Å². The van der Waals surface area contributed by atoms with Crippen LogP contribution in [-0.2, 0) is 0 Å². The van der Waals surface area contributed by atoms with E-state index >= 15 is 0 Å². The Morgan fingerprint density at radius 3 is 1.85 bits per heavy atom. The van der Waals surface area contributed by atoms with Crippen LogP contribution >= 0.6 is 11.3 Å². The smallest absolute Gasteiger partial charge is 0.0361 e. The summed E-state index contributed by atoms with van der Waals surface area (Å²) in [7, 11) is 0. The van der Waals surface area contributed by atoms with Gasteiger partial charge in [0.15, 0.2) is 0 Å². The molecule has 3 aliphatic rings. The summed E-state index contributed by atoms with van der Waals surface area (Å²) in [5.74, 6) is 0.737. The maximum atomic E-state index is 2.46. The molecule has 2 unspecified atom stereocenters. The summed E-state index contributed by atoms with van der Waals surface area (Å²) in [6, 6.07) is 33.8. The monoisotopic (exact) mass is 538 g/mol. The SMILES string of the molecule is C1=CC2=CC(c3c4ccccc4c(-c4cccc5sc6ccccc6c45)c4ccccc34)=C3C=CC=CC3C2C=C1. The van der Waals surface area contributed by atoms with Gasteiger partial charge in [0.1, 0.15) is 0 Å². The van der Waals surface area contributed by atoms with Crippen molar-refractivity contribution in [3.63, 3.8) is 0 Å². The maximum Gasteiger partial charge on any atom is 0.0361 e. The molecule has 6 aromatic rings. The fourth-order valence-electron chi connectivity index (χ4n) is 7.34. The lowest BCUT2D eigenvalue weighted by atomic mass is 9.69. The minimum atomic E-state index is 0.347. The van der Waals surface area contributed by atoms with Gasteiger partial charge in [0, 0.05) is 32.0 Å². The van der Waals surface area contributed by atoms with Gasteiger partial charge in [0.05, 0.1) is 0 Å². The number of fused-ring (bicyclic) bond motifs is 8. The molecule has 5 aromatic carbocycles. The molecule has 0 saturated heterocycles. The molecule has 0 amide bonds. The third-order valence-electron chi connectivity index (χ3n) is 9.05. The van der Waals surface area contributed by atoms with E-state index in [2.05, 4.69) is 146 Å². The van der Waals surface area contributed by atoms with Gasteiger partial charge in [0.2, 0.25) is 0 Å². The van der Waals surface area contributed by atoms with Gasteiger partial charge in [-0.2, -0.15) is 0 Å². The summed E-state index contributed by atoms with van der Waals surface area (Å²) in [4.78, 5) is 0. The Hall–Kier alpha value is -4.72. The molecule has 0 aliphatic heterocycles. The molecule has 0 saturated carbocycles. The maximum absolute atomic E-state index is 2.46. The highest BCUT2D eigenvalue weighted by Gasteiger charge is 2.32. The lowest BCUT2D eigenvalue weighted by Gasteiger charge is -2.34. The first-order chi connectivity index (χ1) is 20.4. The van der Waals surface area contributed by atoms with Crippen LogP contribution in [0, 0.1) is 11.8 Å². The average Bonchev–Trinajstić information content (AvgIpc) is 3.42. The van der Waals surface area contributed by atoms with E-state index in [9.17, 15) is 0 Å².